The number of hydrogen-bond acceptors (Lipinski definition) is 7. The van der Waals surface area contributed by atoms with Crippen molar-refractivity contribution in [1.82, 2.24) is 30.4 Å². The summed E-state index contributed by atoms with van der Waals surface area (Å²) in [6.45, 7) is 2.08. The quantitative estimate of drug-likeness (QED) is 0.200. The third-order valence-corrected chi connectivity index (χ3v) is 7.19. The van der Waals surface area contributed by atoms with Crippen molar-refractivity contribution in [2.45, 2.75) is 25.7 Å². The Kier molecular flexibility index (Phi) is 10.2. The van der Waals surface area contributed by atoms with Crippen LogP contribution in [0.1, 0.15) is 27.3 Å². The Labute approximate surface area is 259 Å². The van der Waals surface area contributed by atoms with Crippen LogP contribution < -0.4 is 10.6 Å². The van der Waals surface area contributed by atoms with Crippen LogP contribution >= 0.6 is 0 Å². The topological polar surface area (TPSA) is 166 Å². The van der Waals surface area contributed by atoms with E-state index in [-0.39, 0.29) is 37.8 Å². The van der Waals surface area contributed by atoms with Gasteiger partial charge in [-0.3, -0.25) is 4.79 Å². The van der Waals surface area contributed by atoms with Crippen molar-refractivity contribution in [2.75, 3.05) is 32.8 Å². The first-order valence-electron chi connectivity index (χ1n) is 14.5. The predicted octanol–water partition coefficient (Wildman–Crippen LogP) is 3.13. The fourth-order valence-corrected chi connectivity index (χ4v) is 4.79. The number of aromatic nitrogens is 2. The smallest absolute Gasteiger partial charge is 0.408 e. The second-order valence-corrected chi connectivity index (χ2v) is 10.4. The van der Waals surface area contributed by atoms with Gasteiger partial charge in [-0.25, -0.2) is 19.4 Å². The molecule has 1 fully saturated rings. The molecule has 1 unspecified atom stereocenters. The van der Waals surface area contributed by atoms with Crippen LogP contribution in [-0.4, -0.2) is 87.8 Å². The molecule has 4 amide bonds. The molecule has 13 nitrogen and oxygen atoms in total. The van der Waals surface area contributed by atoms with Crippen molar-refractivity contribution in [3.63, 3.8) is 0 Å². The molecule has 0 radical (unpaired) electrons. The summed E-state index contributed by atoms with van der Waals surface area (Å²) in [4.78, 5) is 61.5. The van der Waals surface area contributed by atoms with Gasteiger partial charge < -0.3 is 40.0 Å². The normalized spacial score (nSPS) is 13.6. The number of urea groups is 1. The first-order valence-corrected chi connectivity index (χ1v) is 14.5. The van der Waals surface area contributed by atoms with Crippen LogP contribution in [0.5, 0.6) is 0 Å². The summed E-state index contributed by atoms with van der Waals surface area (Å²) in [7, 11) is 0. The minimum absolute atomic E-state index is 0.0224. The summed E-state index contributed by atoms with van der Waals surface area (Å²) in [5.41, 5.74) is 3.52. The molecule has 1 aliphatic rings. The van der Waals surface area contributed by atoms with Gasteiger partial charge in [0.1, 0.15) is 18.5 Å². The molecule has 2 heterocycles. The molecule has 1 aromatic heterocycles. The number of rotatable bonds is 11. The number of para-hydroxylation sites is 2. The van der Waals surface area contributed by atoms with Gasteiger partial charge in [-0.15, -0.1) is 0 Å². The van der Waals surface area contributed by atoms with Crippen LogP contribution in [0.25, 0.3) is 11.0 Å². The van der Waals surface area contributed by atoms with E-state index < -0.39 is 24.0 Å². The van der Waals surface area contributed by atoms with Crippen LogP contribution in [0.3, 0.4) is 0 Å². The molecule has 0 saturated carbocycles. The first-order chi connectivity index (χ1) is 21.9. The molecule has 3 aromatic carbocycles. The van der Waals surface area contributed by atoms with E-state index in [0.29, 0.717) is 32.1 Å². The summed E-state index contributed by atoms with van der Waals surface area (Å²) in [6.07, 6.45) is -0.913. The average molecular weight is 615 g/mol. The van der Waals surface area contributed by atoms with Gasteiger partial charge in [0.2, 0.25) is 0 Å². The highest BCUT2D eigenvalue weighted by molar-refractivity contribution is 5.94. The first kappa shape index (κ1) is 31.0. The second kappa shape index (κ2) is 14.8. The van der Waals surface area contributed by atoms with Gasteiger partial charge in [0, 0.05) is 31.7 Å². The SMILES string of the molecule is O=C(NC(CNC(=O)c1ccc(CN(Cc2nc3ccccc3[nH]2)C(=O)N2CCOCC2)cc1)C(=O)O)OCc1ccccc1. The fourth-order valence-electron chi connectivity index (χ4n) is 4.79. The van der Waals surface area contributed by atoms with Gasteiger partial charge in [0.25, 0.3) is 5.91 Å². The number of morpholine rings is 1. The summed E-state index contributed by atoms with van der Waals surface area (Å²) in [5, 5.41) is 14.3. The summed E-state index contributed by atoms with van der Waals surface area (Å²) >= 11 is 0. The summed E-state index contributed by atoms with van der Waals surface area (Å²) in [6, 6.07) is 21.7. The van der Waals surface area contributed by atoms with E-state index in [2.05, 4.69) is 20.6 Å². The number of amides is 4. The molecule has 0 spiro atoms. The zero-order valence-corrected chi connectivity index (χ0v) is 24.5. The summed E-state index contributed by atoms with van der Waals surface area (Å²) < 4.78 is 10.5. The van der Waals surface area contributed by atoms with E-state index in [0.717, 1.165) is 22.2 Å². The molecule has 1 atom stereocenters. The molecular formula is C32H34N6O7. The number of ether oxygens (including phenoxy) is 2. The van der Waals surface area contributed by atoms with Gasteiger partial charge in [-0.05, 0) is 35.4 Å². The number of benzene rings is 3. The van der Waals surface area contributed by atoms with Gasteiger partial charge in [0.15, 0.2) is 0 Å². The third-order valence-electron chi connectivity index (χ3n) is 7.19. The van der Waals surface area contributed by atoms with Crippen molar-refractivity contribution >= 4 is 35.0 Å². The standard InChI is InChI=1S/C32H34N6O7/c39-29(33-18-27(30(40)41)36-31(42)45-21-23-6-2-1-3-7-23)24-12-10-22(11-13-24)19-38(32(43)37-14-16-44-17-15-37)20-28-34-25-8-4-5-9-26(25)35-28/h1-13,27H,14-21H2,(H,33,39)(H,34,35)(H,36,42)(H,40,41). The number of alkyl carbamates (subject to hydrolysis) is 1. The Morgan fingerprint density at radius 1 is 0.933 bits per heavy atom. The predicted molar refractivity (Wildman–Crippen MR) is 163 cm³/mol. The molecule has 13 heteroatoms. The van der Waals surface area contributed by atoms with Crippen molar-refractivity contribution in [1.29, 1.82) is 0 Å². The molecule has 4 aromatic rings. The molecule has 0 aliphatic carbocycles. The molecule has 0 bridgehead atoms. The number of fused-ring (bicyclic) bond motifs is 1. The Bertz CT molecular complexity index is 1590. The number of nitrogens with one attached hydrogen (secondary N) is 3. The van der Waals surface area contributed by atoms with E-state index >= 15 is 0 Å². The minimum Gasteiger partial charge on any atom is -0.480 e. The van der Waals surface area contributed by atoms with E-state index in [1.165, 1.54) is 0 Å². The van der Waals surface area contributed by atoms with Crippen LogP contribution in [0, 0.1) is 0 Å². The number of aliphatic carboxylic acids is 1. The lowest BCUT2D eigenvalue weighted by molar-refractivity contribution is -0.139. The maximum atomic E-state index is 13.5. The number of carboxylic acid groups (broad SMARTS) is 1. The van der Waals surface area contributed by atoms with E-state index in [1.54, 1.807) is 58.3 Å². The van der Waals surface area contributed by atoms with E-state index in [9.17, 15) is 24.3 Å². The van der Waals surface area contributed by atoms with Gasteiger partial charge in [-0.1, -0.05) is 54.6 Å². The van der Waals surface area contributed by atoms with Crippen LogP contribution in [0.15, 0.2) is 78.9 Å². The van der Waals surface area contributed by atoms with Crippen LogP contribution in [-0.2, 0) is 34.0 Å². The Balaban J connectivity index is 1.18. The molecule has 4 N–H and O–H groups in total. The Morgan fingerprint density at radius 3 is 2.36 bits per heavy atom. The van der Waals surface area contributed by atoms with Gasteiger partial charge in [-0.2, -0.15) is 0 Å². The Hall–Kier alpha value is -5.43. The number of hydrogen-bond donors (Lipinski definition) is 4. The third kappa shape index (κ3) is 8.57. The number of imidazole rings is 1. The number of nitrogens with zero attached hydrogens (tertiary/aromatic N) is 3. The monoisotopic (exact) mass is 614 g/mol. The largest absolute Gasteiger partial charge is 0.480 e. The maximum Gasteiger partial charge on any atom is 0.408 e. The molecule has 1 saturated heterocycles. The Morgan fingerprint density at radius 2 is 1.64 bits per heavy atom. The molecule has 1 aliphatic heterocycles. The van der Waals surface area contributed by atoms with Crippen molar-refractivity contribution in [3.05, 3.63) is 101 Å². The lowest BCUT2D eigenvalue weighted by atomic mass is 10.1. The average Bonchev–Trinajstić information content (AvgIpc) is 3.48. The molecular weight excluding hydrogens is 580 g/mol. The zero-order valence-electron chi connectivity index (χ0n) is 24.5. The van der Waals surface area contributed by atoms with Crippen LogP contribution in [0.2, 0.25) is 0 Å². The highest BCUT2D eigenvalue weighted by atomic mass is 16.5. The van der Waals surface area contributed by atoms with Gasteiger partial charge >= 0.3 is 18.1 Å². The van der Waals surface area contributed by atoms with Gasteiger partial charge in [0.05, 0.1) is 30.8 Å². The van der Waals surface area contributed by atoms with E-state index in [1.807, 2.05) is 30.3 Å². The second-order valence-electron chi connectivity index (χ2n) is 10.4. The number of aromatic amines is 1. The number of carbonyl (C=O) groups excluding carboxylic acids is 3. The maximum absolute atomic E-state index is 13.5. The number of H-pyrrole nitrogens is 1. The lowest BCUT2D eigenvalue weighted by Gasteiger charge is -2.32. The molecule has 45 heavy (non-hydrogen) atoms. The minimum atomic E-state index is -1.39. The highest BCUT2D eigenvalue weighted by Crippen LogP contribution is 2.16. The fraction of sp³-hybridized carbons (Fsp3) is 0.281. The van der Waals surface area contributed by atoms with Crippen LogP contribution in [0.4, 0.5) is 9.59 Å². The van der Waals surface area contributed by atoms with Crippen molar-refractivity contribution < 1.29 is 33.8 Å². The lowest BCUT2D eigenvalue weighted by Crippen LogP contribution is -2.48. The summed E-state index contributed by atoms with van der Waals surface area (Å²) in [5.74, 6) is -1.19. The molecule has 5 rings (SSSR count). The van der Waals surface area contributed by atoms with Crippen molar-refractivity contribution in [3.8, 4) is 0 Å². The molecule has 234 valence electrons. The number of carbonyl (C=O) groups is 4. The highest BCUT2D eigenvalue weighted by Gasteiger charge is 2.25. The van der Waals surface area contributed by atoms with Crippen molar-refractivity contribution in [2.24, 2.45) is 0 Å². The zero-order chi connectivity index (χ0) is 31.6. The number of carboxylic acids is 1. The van der Waals surface area contributed by atoms with E-state index in [4.69, 9.17) is 9.47 Å².